The highest BCUT2D eigenvalue weighted by Gasteiger charge is 2.09. The van der Waals surface area contributed by atoms with Gasteiger partial charge in [0.2, 0.25) is 0 Å². The van der Waals surface area contributed by atoms with Gasteiger partial charge in [0.15, 0.2) is 5.78 Å². The van der Waals surface area contributed by atoms with Crippen molar-refractivity contribution in [2.45, 2.75) is 6.54 Å². The maximum absolute atomic E-state index is 11.4. The van der Waals surface area contributed by atoms with Gasteiger partial charge in [0.25, 0.3) is 5.56 Å². The molecule has 0 radical (unpaired) electrons. The van der Waals surface area contributed by atoms with Gasteiger partial charge in [0, 0.05) is 4.91 Å². The number of carbonyl (C=O) groups is 1. The predicted octanol–water partition coefficient (Wildman–Crippen LogP) is 1.43. The first kappa shape index (κ1) is 12.5. The van der Waals surface area contributed by atoms with E-state index in [4.69, 9.17) is 28.7 Å². The Hall–Kier alpha value is -1.56. The van der Waals surface area contributed by atoms with Crippen molar-refractivity contribution in [3.05, 3.63) is 37.0 Å². The van der Waals surface area contributed by atoms with Crippen LogP contribution in [0.3, 0.4) is 0 Å². The molecule has 84 valence electrons. The molecule has 1 aromatic rings. The molecule has 0 aliphatic carbocycles. The number of ketones is 1. The monoisotopic (exact) mass is 261 g/mol. The Bertz CT molecular complexity index is 520. The van der Waals surface area contributed by atoms with Crippen LogP contribution >= 0.6 is 23.2 Å². The Balaban J connectivity index is 2.91. The van der Waals surface area contributed by atoms with Crippen LogP contribution in [-0.2, 0) is 11.3 Å². The lowest BCUT2D eigenvalue weighted by atomic mass is 10.4. The average Bonchev–Trinajstić information content (AvgIpc) is 2.27. The first-order valence-corrected chi connectivity index (χ1v) is 4.75. The Kier molecular flexibility index (Phi) is 4.30. The zero-order valence-corrected chi connectivity index (χ0v) is 9.31. The third-order valence-electron chi connectivity index (χ3n) is 1.58. The molecule has 0 atom stereocenters. The Morgan fingerprint density at radius 3 is 2.94 bits per heavy atom. The van der Waals surface area contributed by atoms with Crippen molar-refractivity contribution in [3.63, 3.8) is 0 Å². The summed E-state index contributed by atoms with van der Waals surface area (Å²) < 4.78 is 0.851. The van der Waals surface area contributed by atoms with E-state index < -0.39 is 11.3 Å². The summed E-state index contributed by atoms with van der Waals surface area (Å²) in [4.78, 5) is 25.0. The minimum absolute atomic E-state index is 0.0189. The predicted molar refractivity (Wildman–Crippen MR) is 57.5 cm³/mol. The first-order valence-electron chi connectivity index (χ1n) is 4.00. The van der Waals surface area contributed by atoms with E-state index in [1.54, 1.807) is 0 Å². The lowest BCUT2D eigenvalue weighted by Crippen LogP contribution is -2.27. The largest absolute Gasteiger partial charge is 0.297 e. The summed E-state index contributed by atoms with van der Waals surface area (Å²) in [6.45, 7) is -0.653. The number of Topliss-reactive ketones (excluding diaryl/α,β-unsaturated/α-hetero) is 1. The summed E-state index contributed by atoms with van der Waals surface area (Å²) in [6.07, 6.45) is 1.16. The van der Waals surface area contributed by atoms with Crippen LogP contribution in [-0.4, -0.2) is 22.1 Å². The summed E-state index contributed by atoms with van der Waals surface area (Å²) in [6, 6.07) is 0. The van der Waals surface area contributed by atoms with Crippen molar-refractivity contribution >= 4 is 29.0 Å². The van der Waals surface area contributed by atoms with Crippen LogP contribution < -0.4 is 5.56 Å². The van der Waals surface area contributed by atoms with Gasteiger partial charge in [-0.3, -0.25) is 9.59 Å². The second-order valence-electron chi connectivity index (χ2n) is 2.70. The molecule has 0 saturated carbocycles. The van der Waals surface area contributed by atoms with Gasteiger partial charge in [0.1, 0.15) is 11.6 Å². The van der Waals surface area contributed by atoms with E-state index in [0.29, 0.717) is 0 Å². The molecule has 0 saturated heterocycles. The Labute approximate surface area is 99.2 Å². The number of azide groups is 1. The molecule has 1 aromatic heterocycles. The third-order valence-corrected chi connectivity index (χ3v) is 2.33. The molecule has 0 amide bonds. The summed E-state index contributed by atoms with van der Waals surface area (Å²) in [5.41, 5.74) is 7.34. The topological polar surface area (TPSA) is 101 Å². The molecule has 0 fully saturated rings. The molecule has 1 heterocycles. The van der Waals surface area contributed by atoms with Gasteiger partial charge in [0.05, 0.1) is 17.8 Å². The van der Waals surface area contributed by atoms with Crippen molar-refractivity contribution in [2.24, 2.45) is 5.11 Å². The fourth-order valence-corrected chi connectivity index (χ4v) is 1.16. The smallest absolute Gasteiger partial charge is 0.287 e. The zero-order chi connectivity index (χ0) is 12.1. The molecule has 7 nitrogen and oxygen atoms in total. The standard InChI is InChI=1S/C7H5Cl2N5O2/c8-5-2-12-14(7(16)6(5)9)3-4(15)1-11-13-10/h2H,1,3H2. The Morgan fingerprint density at radius 2 is 2.31 bits per heavy atom. The number of rotatable bonds is 4. The molecule has 0 aromatic carbocycles. The highest BCUT2D eigenvalue weighted by molar-refractivity contribution is 6.41. The number of nitrogens with zero attached hydrogens (tertiary/aromatic N) is 5. The van der Waals surface area contributed by atoms with Gasteiger partial charge >= 0.3 is 0 Å². The van der Waals surface area contributed by atoms with Crippen LogP contribution in [0.25, 0.3) is 10.4 Å². The third kappa shape index (κ3) is 2.96. The van der Waals surface area contributed by atoms with Gasteiger partial charge in [-0.1, -0.05) is 28.3 Å². The molecular formula is C7H5Cl2N5O2. The molecule has 0 bridgehead atoms. The van der Waals surface area contributed by atoms with Crippen molar-refractivity contribution in [1.29, 1.82) is 0 Å². The van der Waals surface area contributed by atoms with Crippen LogP contribution in [0.1, 0.15) is 0 Å². The molecule has 0 spiro atoms. The van der Waals surface area contributed by atoms with Crippen molar-refractivity contribution in [1.82, 2.24) is 9.78 Å². The minimum Gasteiger partial charge on any atom is -0.297 e. The van der Waals surface area contributed by atoms with Gasteiger partial charge < -0.3 is 0 Å². The van der Waals surface area contributed by atoms with Gasteiger partial charge in [-0.15, -0.1) is 0 Å². The normalized spacial score (nSPS) is 9.62. The van der Waals surface area contributed by atoms with Crippen molar-refractivity contribution in [2.75, 3.05) is 6.54 Å². The summed E-state index contributed by atoms with van der Waals surface area (Å²) in [5, 5.41) is 6.50. The van der Waals surface area contributed by atoms with Gasteiger partial charge in [-0.05, 0) is 5.53 Å². The summed E-state index contributed by atoms with van der Waals surface area (Å²) >= 11 is 11.1. The second-order valence-corrected chi connectivity index (χ2v) is 3.48. The maximum atomic E-state index is 11.4. The molecule has 1 rings (SSSR count). The average molecular weight is 262 g/mol. The summed E-state index contributed by atoms with van der Waals surface area (Å²) in [5.74, 6) is -0.453. The minimum atomic E-state index is -0.663. The van der Waals surface area contributed by atoms with E-state index in [2.05, 4.69) is 15.1 Å². The Morgan fingerprint density at radius 1 is 1.62 bits per heavy atom. The van der Waals surface area contributed by atoms with E-state index >= 15 is 0 Å². The van der Waals surface area contributed by atoms with Crippen LogP contribution in [0.4, 0.5) is 0 Å². The molecule has 0 unspecified atom stereocenters. The molecule has 0 aliphatic heterocycles. The number of aromatic nitrogens is 2. The van der Waals surface area contributed by atoms with Gasteiger partial charge in [-0.25, -0.2) is 4.68 Å². The lowest BCUT2D eigenvalue weighted by molar-refractivity contribution is -0.118. The van der Waals surface area contributed by atoms with Crippen LogP contribution in [0.2, 0.25) is 10.0 Å². The number of halogens is 2. The fourth-order valence-electron chi connectivity index (χ4n) is 0.885. The zero-order valence-electron chi connectivity index (χ0n) is 7.80. The van der Waals surface area contributed by atoms with E-state index in [1.807, 2.05) is 0 Å². The lowest BCUT2D eigenvalue weighted by Gasteiger charge is -2.02. The van der Waals surface area contributed by atoms with Crippen molar-refractivity contribution < 1.29 is 4.79 Å². The SMILES string of the molecule is [N-]=[N+]=NCC(=O)Cn1ncc(Cl)c(Cl)c1=O. The first-order chi connectivity index (χ1) is 7.56. The maximum Gasteiger partial charge on any atom is 0.287 e. The number of carbonyl (C=O) groups excluding carboxylic acids is 1. The molecular weight excluding hydrogens is 257 g/mol. The van der Waals surface area contributed by atoms with E-state index in [-0.39, 0.29) is 23.1 Å². The van der Waals surface area contributed by atoms with Crippen LogP contribution in [0.5, 0.6) is 0 Å². The molecule has 0 aliphatic rings. The van der Waals surface area contributed by atoms with Gasteiger partial charge in [-0.2, -0.15) is 5.10 Å². The van der Waals surface area contributed by atoms with Crippen molar-refractivity contribution in [3.8, 4) is 0 Å². The number of hydrogen-bond donors (Lipinski definition) is 0. The second kappa shape index (κ2) is 5.50. The highest BCUT2D eigenvalue weighted by Crippen LogP contribution is 2.14. The van der Waals surface area contributed by atoms with Crippen LogP contribution in [0, 0.1) is 0 Å². The highest BCUT2D eigenvalue weighted by atomic mass is 35.5. The fraction of sp³-hybridized carbons (Fsp3) is 0.286. The van der Waals surface area contributed by atoms with Crippen LogP contribution in [0.15, 0.2) is 16.1 Å². The van der Waals surface area contributed by atoms with E-state index in [1.165, 1.54) is 0 Å². The molecule has 0 N–H and O–H groups in total. The summed E-state index contributed by atoms with van der Waals surface area (Å²) in [7, 11) is 0. The quantitative estimate of drug-likeness (QED) is 0.465. The van der Waals surface area contributed by atoms with E-state index in [9.17, 15) is 9.59 Å². The molecule has 16 heavy (non-hydrogen) atoms. The molecule has 9 heteroatoms. The number of hydrogen-bond acceptors (Lipinski definition) is 4. The van der Waals surface area contributed by atoms with E-state index in [0.717, 1.165) is 10.9 Å².